The number of hydrogen-bond acceptors (Lipinski definition) is 4. The third kappa shape index (κ3) is 5.19. The number of carbonyl (C=O) groups is 1. The molecule has 1 amide bonds. The largest absolute Gasteiger partial charge is 0.379 e. The zero-order valence-corrected chi connectivity index (χ0v) is 15.0. The lowest BCUT2D eigenvalue weighted by Gasteiger charge is -2.26. The first-order valence-corrected chi connectivity index (χ1v) is 8.64. The normalized spacial score (nSPS) is 17.2. The molecule has 23 heavy (non-hydrogen) atoms. The molecule has 0 bridgehead atoms. The Hall–Kier alpha value is -1.11. The first-order valence-electron chi connectivity index (χ1n) is 8.26. The van der Waals surface area contributed by atoms with Gasteiger partial charge in [-0.3, -0.25) is 14.4 Å². The van der Waals surface area contributed by atoms with E-state index in [9.17, 15) is 4.79 Å². The average molecular weight is 343 g/mol. The van der Waals surface area contributed by atoms with Crippen molar-refractivity contribution in [1.82, 2.24) is 20.0 Å². The molecule has 0 aliphatic carbocycles. The standard InChI is InChI=1S/C16H27ClN4O2/c1-12(11-21-14(3)15(17)13(2)19-21)16(22)18-5-4-6-20-7-9-23-10-8-20/h12H,4-11H2,1-3H3,(H,18,22). The van der Waals surface area contributed by atoms with Gasteiger partial charge in [0.1, 0.15) is 0 Å². The van der Waals surface area contributed by atoms with Crippen LogP contribution in [0.15, 0.2) is 0 Å². The highest BCUT2D eigenvalue weighted by Gasteiger charge is 2.17. The Morgan fingerprint density at radius 2 is 2.09 bits per heavy atom. The maximum atomic E-state index is 12.2. The topological polar surface area (TPSA) is 59.4 Å². The van der Waals surface area contributed by atoms with E-state index in [1.807, 2.05) is 25.5 Å². The molecule has 1 unspecified atom stereocenters. The van der Waals surface area contributed by atoms with Crippen LogP contribution in [0.1, 0.15) is 24.7 Å². The minimum absolute atomic E-state index is 0.0654. The van der Waals surface area contributed by atoms with Crippen LogP contribution < -0.4 is 5.32 Å². The number of amides is 1. The molecule has 130 valence electrons. The second-order valence-corrected chi connectivity index (χ2v) is 6.54. The maximum Gasteiger partial charge on any atom is 0.224 e. The molecule has 1 aromatic rings. The Kier molecular flexibility index (Phi) is 6.87. The van der Waals surface area contributed by atoms with Gasteiger partial charge in [0.05, 0.1) is 42.1 Å². The number of nitrogens with zero attached hydrogens (tertiary/aromatic N) is 3. The molecule has 1 aromatic heterocycles. The lowest BCUT2D eigenvalue weighted by molar-refractivity contribution is -0.125. The molecular formula is C16H27ClN4O2. The van der Waals surface area contributed by atoms with Crippen molar-refractivity contribution >= 4 is 17.5 Å². The molecule has 1 saturated heterocycles. The summed E-state index contributed by atoms with van der Waals surface area (Å²) in [5.74, 6) is -0.0666. The molecule has 0 radical (unpaired) electrons. The molecule has 2 rings (SSSR count). The molecule has 7 heteroatoms. The third-order valence-corrected chi connectivity index (χ3v) is 4.79. The van der Waals surface area contributed by atoms with E-state index in [0.717, 1.165) is 50.7 Å². The van der Waals surface area contributed by atoms with E-state index < -0.39 is 0 Å². The van der Waals surface area contributed by atoms with Crippen molar-refractivity contribution in [3.63, 3.8) is 0 Å². The van der Waals surface area contributed by atoms with E-state index in [-0.39, 0.29) is 11.8 Å². The number of aryl methyl sites for hydroxylation is 1. The SMILES string of the molecule is Cc1nn(CC(C)C(=O)NCCCN2CCOCC2)c(C)c1Cl. The van der Waals surface area contributed by atoms with Crippen molar-refractivity contribution in [2.75, 3.05) is 39.4 Å². The summed E-state index contributed by atoms with van der Waals surface area (Å²) in [7, 11) is 0. The number of carbonyl (C=O) groups excluding carboxylic acids is 1. The molecule has 0 aromatic carbocycles. The number of aromatic nitrogens is 2. The van der Waals surface area contributed by atoms with E-state index >= 15 is 0 Å². The van der Waals surface area contributed by atoms with Gasteiger partial charge in [-0.25, -0.2) is 0 Å². The fraction of sp³-hybridized carbons (Fsp3) is 0.750. The number of hydrogen-bond donors (Lipinski definition) is 1. The monoisotopic (exact) mass is 342 g/mol. The Labute approximate surface area is 143 Å². The van der Waals surface area contributed by atoms with Crippen LogP contribution in [-0.4, -0.2) is 60.0 Å². The number of ether oxygens (including phenoxy) is 1. The Balaban J connectivity index is 1.69. The first kappa shape index (κ1) is 18.2. The van der Waals surface area contributed by atoms with Gasteiger partial charge >= 0.3 is 0 Å². The van der Waals surface area contributed by atoms with E-state index in [0.29, 0.717) is 18.1 Å². The highest BCUT2D eigenvalue weighted by molar-refractivity contribution is 6.31. The zero-order chi connectivity index (χ0) is 16.8. The van der Waals surface area contributed by atoms with Gasteiger partial charge in [0.25, 0.3) is 0 Å². The molecule has 0 spiro atoms. The maximum absolute atomic E-state index is 12.2. The minimum atomic E-state index is -0.132. The summed E-state index contributed by atoms with van der Waals surface area (Å²) >= 11 is 6.14. The van der Waals surface area contributed by atoms with Crippen molar-refractivity contribution in [1.29, 1.82) is 0 Å². The van der Waals surface area contributed by atoms with Crippen molar-refractivity contribution in [2.45, 2.75) is 33.7 Å². The predicted octanol–water partition coefficient (Wildman–Crippen LogP) is 1.63. The summed E-state index contributed by atoms with van der Waals surface area (Å²) in [4.78, 5) is 14.6. The van der Waals surface area contributed by atoms with Crippen LogP contribution >= 0.6 is 11.6 Å². The van der Waals surface area contributed by atoms with Crippen LogP contribution in [-0.2, 0) is 16.1 Å². The van der Waals surface area contributed by atoms with E-state index in [4.69, 9.17) is 16.3 Å². The van der Waals surface area contributed by atoms with Crippen LogP contribution in [0, 0.1) is 19.8 Å². The average Bonchev–Trinajstić information content (AvgIpc) is 2.79. The fourth-order valence-electron chi connectivity index (χ4n) is 2.71. The number of nitrogens with one attached hydrogen (secondary N) is 1. The molecule has 1 aliphatic rings. The number of rotatable bonds is 7. The third-order valence-electron chi connectivity index (χ3n) is 4.24. The lowest BCUT2D eigenvalue weighted by atomic mass is 10.1. The molecular weight excluding hydrogens is 316 g/mol. The Morgan fingerprint density at radius 3 is 2.70 bits per heavy atom. The molecule has 0 saturated carbocycles. The molecule has 2 heterocycles. The summed E-state index contributed by atoms with van der Waals surface area (Å²) in [6, 6.07) is 0. The van der Waals surface area contributed by atoms with Crippen LogP contribution in [0.5, 0.6) is 0 Å². The second-order valence-electron chi connectivity index (χ2n) is 6.17. The molecule has 6 nitrogen and oxygen atoms in total. The van der Waals surface area contributed by atoms with Crippen molar-refractivity contribution in [3.05, 3.63) is 16.4 Å². The van der Waals surface area contributed by atoms with Gasteiger partial charge in [0.2, 0.25) is 5.91 Å². The van der Waals surface area contributed by atoms with Gasteiger partial charge in [-0.15, -0.1) is 0 Å². The summed E-state index contributed by atoms with van der Waals surface area (Å²) in [6.07, 6.45) is 0.962. The lowest BCUT2D eigenvalue weighted by Crippen LogP contribution is -2.39. The van der Waals surface area contributed by atoms with Crippen molar-refractivity contribution < 1.29 is 9.53 Å². The van der Waals surface area contributed by atoms with E-state index in [2.05, 4.69) is 15.3 Å². The molecule has 1 fully saturated rings. The minimum Gasteiger partial charge on any atom is -0.379 e. The smallest absolute Gasteiger partial charge is 0.224 e. The molecule has 1 N–H and O–H groups in total. The highest BCUT2D eigenvalue weighted by Crippen LogP contribution is 2.19. The van der Waals surface area contributed by atoms with Crippen LogP contribution in [0.3, 0.4) is 0 Å². The Bertz CT molecular complexity index is 526. The van der Waals surface area contributed by atoms with Gasteiger partial charge in [0, 0.05) is 19.6 Å². The van der Waals surface area contributed by atoms with Gasteiger partial charge in [-0.1, -0.05) is 18.5 Å². The molecule has 1 aliphatic heterocycles. The van der Waals surface area contributed by atoms with Crippen molar-refractivity contribution in [3.8, 4) is 0 Å². The summed E-state index contributed by atoms with van der Waals surface area (Å²) < 4.78 is 7.14. The number of morpholine rings is 1. The summed E-state index contributed by atoms with van der Waals surface area (Å²) in [6.45, 7) is 11.6. The van der Waals surface area contributed by atoms with Gasteiger partial charge in [0.15, 0.2) is 0 Å². The van der Waals surface area contributed by atoms with Gasteiger partial charge in [-0.05, 0) is 26.8 Å². The van der Waals surface area contributed by atoms with Gasteiger partial charge < -0.3 is 10.1 Å². The summed E-state index contributed by atoms with van der Waals surface area (Å²) in [5.41, 5.74) is 1.72. The predicted molar refractivity (Wildman–Crippen MR) is 90.8 cm³/mol. The van der Waals surface area contributed by atoms with E-state index in [1.54, 1.807) is 0 Å². The number of halogens is 1. The van der Waals surface area contributed by atoms with Crippen LogP contribution in [0.2, 0.25) is 5.02 Å². The van der Waals surface area contributed by atoms with E-state index in [1.165, 1.54) is 0 Å². The quantitative estimate of drug-likeness (QED) is 0.765. The summed E-state index contributed by atoms with van der Waals surface area (Å²) in [5, 5.41) is 8.07. The highest BCUT2D eigenvalue weighted by atomic mass is 35.5. The zero-order valence-electron chi connectivity index (χ0n) is 14.3. The second kappa shape index (κ2) is 8.66. The Morgan fingerprint density at radius 1 is 1.39 bits per heavy atom. The van der Waals surface area contributed by atoms with Gasteiger partial charge in [-0.2, -0.15) is 5.10 Å². The van der Waals surface area contributed by atoms with Crippen molar-refractivity contribution in [2.24, 2.45) is 5.92 Å². The van der Waals surface area contributed by atoms with Crippen LogP contribution in [0.25, 0.3) is 0 Å². The molecule has 1 atom stereocenters. The first-order chi connectivity index (χ1) is 11.0. The fourth-order valence-corrected chi connectivity index (χ4v) is 2.84. The van der Waals surface area contributed by atoms with Crippen LogP contribution in [0.4, 0.5) is 0 Å².